The lowest BCUT2D eigenvalue weighted by Gasteiger charge is -2.18. The molecular formula is C17H19ClN2O3. The molecule has 0 aliphatic heterocycles. The number of benzene rings is 1. The average Bonchev–Trinajstić information content (AvgIpc) is 2.57. The van der Waals surface area contributed by atoms with E-state index in [1.807, 2.05) is 12.1 Å². The number of carbonyl (C=O) groups excluding carboxylic acids is 1. The summed E-state index contributed by atoms with van der Waals surface area (Å²) in [5.74, 6) is 1.15. The number of ether oxygens (including phenoxy) is 2. The van der Waals surface area contributed by atoms with Gasteiger partial charge in [-0.05, 0) is 23.8 Å². The summed E-state index contributed by atoms with van der Waals surface area (Å²) in [6, 6.07) is 9.00. The van der Waals surface area contributed by atoms with Crippen molar-refractivity contribution in [1.29, 1.82) is 0 Å². The SMILES string of the molecule is COc1ccc(CC(=O)N(C)Cc2cccnc2OC)c(Cl)c1. The Morgan fingerprint density at radius 3 is 2.65 bits per heavy atom. The number of hydrogen-bond acceptors (Lipinski definition) is 4. The molecule has 0 unspecified atom stereocenters. The predicted molar refractivity (Wildman–Crippen MR) is 89.0 cm³/mol. The Hall–Kier alpha value is -2.27. The van der Waals surface area contributed by atoms with Gasteiger partial charge in [0.2, 0.25) is 11.8 Å². The van der Waals surface area contributed by atoms with Crippen LogP contribution in [-0.4, -0.2) is 37.1 Å². The number of aromatic nitrogens is 1. The molecule has 5 nitrogen and oxygen atoms in total. The highest BCUT2D eigenvalue weighted by Gasteiger charge is 2.15. The van der Waals surface area contributed by atoms with Crippen LogP contribution in [0.3, 0.4) is 0 Å². The molecule has 0 spiro atoms. The van der Waals surface area contributed by atoms with Crippen LogP contribution in [0.2, 0.25) is 5.02 Å². The fourth-order valence-electron chi connectivity index (χ4n) is 2.17. The zero-order valence-corrected chi connectivity index (χ0v) is 14.1. The summed E-state index contributed by atoms with van der Waals surface area (Å²) in [5, 5.41) is 0.519. The first kappa shape index (κ1) is 17.1. The minimum absolute atomic E-state index is 0.0389. The summed E-state index contributed by atoms with van der Waals surface area (Å²) in [6.45, 7) is 0.420. The molecule has 0 fully saturated rings. The average molecular weight is 335 g/mol. The molecule has 0 radical (unpaired) electrons. The molecule has 23 heavy (non-hydrogen) atoms. The standard InChI is InChI=1S/C17H19ClN2O3/c1-20(11-13-5-4-8-19-17(13)23-3)16(21)9-12-6-7-14(22-2)10-15(12)18/h4-8,10H,9,11H2,1-3H3. The number of halogens is 1. The normalized spacial score (nSPS) is 10.3. The highest BCUT2D eigenvalue weighted by Crippen LogP contribution is 2.23. The van der Waals surface area contributed by atoms with Gasteiger partial charge in [0.1, 0.15) is 5.75 Å². The monoisotopic (exact) mass is 334 g/mol. The molecule has 0 atom stereocenters. The number of hydrogen-bond donors (Lipinski definition) is 0. The number of amides is 1. The second-order valence-corrected chi connectivity index (χ2v) is 5.46. The first-order valence-corrected chi connectivity index (χ1v) is 7.47. The van der Waals surface area contributed by atoms with Crippen LogP contribution in [-0.2, 0) is 17.8 Å². The molecule has 6 heteroatoms. The molecule has 0 N–H and O–H groups in total. The highest BCUT2D eigenvalue weighted by molar-refractivity contribution is 6.31. The molecule has 0 aliphatic carbocycles. The number of likely N-dealkylation sites (N-methyl/N-ethyl adjacent to an activating group) is 1. The summed E-state index contributed by atoms with van der Waals surface area (Å²) in [5.41, 5.74) is 1.62. The first-order chi connectivity index (χ1) is 11.0. The van der Waals surface area contributed by atoms with Crippen molar-refractivity contribution in [1.82, 2.24) is 9.88 Å². The van der Waals surface area contributed by atoms with Crippen LogP contribution in [0.5, 0.6) is 11.6 Å². The largest absolute Gasteiger partial charge is 0.497 e. The molecule has 0 saturated heterocycles. The van der Waals surface area contributed by atoms with Gasteiger partial charge in [0.25, 0.3) is 0 Å². The Bertz CT molecular complexity index is 691. The Balaban J connectivity index is 2.05. The fourth-order valence-corrected chi connectivity index (χ4v) is 2.41. The Labute approximate surface area is 140 Å². The molecule has 0 saturated carbocycles. The Kier molecular flexibility index (Phi) is 5.82. The summed E-state index contributed by atoms with van der Waals surface area (Å²) in [7, 11) is 4.88. The van der Waals surface area contributed by atoms with Crippen LogP contribution in [0.1, 0.15) is 11.1 Å². The lowest BCUT2D eigenvalue weighted by Crippen LogP contribution is -2.28. The van der Waals surface area contributed by atoms with Crippen molar-refractivity contribution < 1.29 is 14.3 Å². The molecule has 2 rings (SSSR count). The van der Waals surface area contributed by atoms with Gasteiger partial charge in [0, 0.05) is 23.8 Å². The molecule has 2 aromatic rings. The number of carbonyl (C=O) groups is 1. The fraction of sp³-hybridized carbons (Fsp3) is 0.294. The smallest absolute Gasteiger partial charge is 0.227 e. The third kappa shape index (κ3) is 4.36. The van der Waals surface area contributed by atoms with Gasteiger partial charge in [-0.15, -0.1) is 0 Å². The Morgan fingerprint density at radius 1 is 1.22 bits per heavy atom. The van der Waals surface area contributed by atoms with E-state index in [9.17, 15) is 4.79 Å². The van der Waals surface area contributed by atoms with Crippen molar-refractivity contribution in [3.8, 4) is 11.6 Å². The molecule has 1 amide bonds. The van der Waals surface area contributed by atoms with Gasteiger partial charge in [0.05, 0.1) is 27.2 Å². The zero-order chi connectivity index (χ0) is 16.8. The van der Waals surface area contributed by atoms with Gasteiger partial charge in [0.15, 0.2) is 0 Å². The quantitative estimate of drug-likeness (QED) is 0.815. The summed E-state index contributed by atoms with van der Waals surface area (Å²) in [6.07, 6.45) is 1.88. The lowest BCUT2D eigenvalue weighted by atomic mass is 10.1. The molecule has 1 heterocycles. The highest BCUT2D eigenvalue weighted by atomic mass is 35.5. The predicted octanol–water partition coefficient (Wildman–Crippen LogP) is 2.95. The summed E-state index contributed by atoms with van der Waals surface area (Å²) >= 11 is 6.18. The Morgan fingerprint density at radius 2 is 2.00 bits per heavy atom. The van der Waals surface area contributed by atoms with E-state index < -0.39 is 0 Å². The van der Waals surface area contributed by atoms with Gasteiger partial charge in [-0.3, -0.25) is 4.79 Å². The van der Waals surface area contributed by atoms with Gasteiger partial charge in [-0.2, -0.15) is 0 Å². The molecule has 1 aromatic carbocycles. The van der Waals surface area contributed by atoms with Crippen molar-refractivity contribution in [2.75, 3.05) is 21.3 Å². The third-order valence-electron chi connectivity index (χ3n) is 3.48. The van der Waals surface area contributed by atoms with E-state index in [0.717, 1.165) is 11.1 Å². The van der Waals surface area contributed by atoms with E-state index in [-0.39, 0.29) is 12.3 Å². The number of methoxy groups -OCH3 is 2. The van der Waals surface area contributed by atoms with Crippen molar-refractivity contribution in [3.63, 3.8) is 0 Å². The van der Waals surface area contributed by atoms with Gasteiger partial charge in [-0.25, -0.2) is 4.98 Å². The molecule has 122 valence electrons. The van der Waals surface area contributed by atoms with Crippen molar-refractivity contribution in [2.24, 2.45) is 0 Å². The number of pyridine rings is 1. The molecule has 1 aromatic heterocycles. The van der Waals surface area contributed by atoms with Crippen LogP contribution >= 0.6 is 11.6 Å². The molecule has 0 aliphatic rings. The second-order valence-electron chi connectivity index (χ2n) is 5.06. The maximum absolute atomic E-state index is 12.4. The third-order valence-corrected chi connectivity index (χ3v) is 3.83. The number of rotatable bonds is 6. The van der Waals surface area contributed by atoms with Crippen LogP contribution in [0.25, 0.3) is 0 Å². The van der Waals surface area contributed by atoms with Crippen molar-refractivity contribution in [3.05, 3.63) is 52.7 Å². The minimum atomic E-state index is -0.0389. The van der Waals surface area contributed by atoms with E-state index in [4.69, 9.17) is 21.1 Å². The van der Waals surface area contributed by atoms with Crippen LogP contribution in [0.4, 0.5) is 0 Å². The van der Waals surface area contributed by atoms with E-state index in [1.165, 1.54) is 0 Å². The van der Waals surface area contributed by atoms with Crippen LogP contribution in [0.15, 0.2) is 36.5 Å². The van der Waals surface area contributed by atoms with Gasteiger partial charge >= 0.3 is 0 Å². The lowest BCUT2D eigenvalue weighted by molar-refractivity contribution is -0.129. The molecule has 0 bridgehead atoms. The van der Waals surface area contributed by atoms with Crippen LogP contribution in [0, 0.1) is 0 Å². The van der Waals surface area contributed by atoms with Crippen molar-refractivity contribution in [2.45, 2.75) is 13.0 Å². The number of nitrogens with zero attached hydrogens (tertiary/aromatic N) is 2. The summed E-state index contributed by atoms with van der Waals surface area (Å²) < 4.78 is 10.3. The second kappa shape index (κ2) is 7.83. The van der Waals surface area contributed by atoms with Gasteiger partial charge < -0.3 is 14.4 Å². The van der Waals surface area contributed by atoms with Gasteiger partial charge in [-0.1, -0.05) is 23.7 Å². The summed E-state index contributed by atoms with van der Waals surface area (Å²) in [4.78, 5) is 18.2. The zero-order valence-electron chi connectivity index (χ0n) is 13.4. The minimum Gasteiger partial charge on any atom is -0.497 e. The van der Waals surface area contributed by atoms with E-state index in [2.05, 4.69) is 4.98 Å². The maximum atomic E-state index is 12.4. The van der Waals surface area contributed by atoms with E-state index >= 15 is 0 Å². The maximum Gasteiger partial charge on any atom is 0.227 e. The van der Waals surface area contributed by atoms with Crippen molar-refractivity contribution >= 4 is 17.5 Å². The van der Waals surface area contributed by atoms with E-state index in [1.54, 1.807) is 50.6 Å². The first-order valence-electron chi connectivity index (χ1n) is 7.09. The molecular weight excluding hydrogens is 316 g/mol. The van der Waals surface area contributed by atoms with E-state index in [0.29, 0.717) is 23.2 Å². The topological polar surface area (TPSA) is 51.7 Å². The van der Waals surface area contributed by atoms with Crippen LogP contribution < -0.4 is 9.47 Å².